The molecule has 4 nitrogen and oxygen atoms in total. The average molecular weight is 252 g/mol. The van der Waals surface area contributed by atoms with E-state index < -0.39 is 0 Å². The van der Waals surface area contributed by atoms with Gasteiger partial charge in [-0.3, -0.25) is 0 Å². The first-order valence-electron chi connectivity index (χ1n) is 6.60. The Bertz CT molecular complexity index is 644. The summed E-state index contributed by atoms with van der Waals surface area (Å²) in [6, 6.07) is 12.3. The molecule has 2 aromatic rings. The third-order valence-corrected chi connectivity index (χ3v) is 3.74. The van der Waals surface area contributed by atoms with Gasteiger partial charge in [-0.25, -0.2) is 4.98 Å². The zero-order chi connectivity index (χ0) is 13.2. The molecular formula is C15H16N4. The van der Waals surface area contributed by atoms with E-state index in [4.69, 9.17) is 5.73 Å². The van der Waals surface area contributed by atoms with Crippen molar-refractivity contribution in [2.45, 2.75) is 31.3 Å². The number of benzene rings is 1. The first-order valence-corrected chi connectivity index (χ1v) is 6.60. The van der Waals surface area contributed by atoms with E-state index in [0.29, 0.717) is 11.4 Å². The van der Waals surface area contributed by atoms with Crippen molar-refractivity contribution in [2.75, 3.05) is 5.32 Å². The van der Waals surface area contributed by atoms with Crippen LogP contribution in [-0.4, -0.2) is 17.1 Å². The van der Waals surface area contributed by atoms with Crippen molar-refractivity contribution < 1.29 is 0 Å². The lowest BCUT2D eigenvalue weighted by atomic mass is 10.1. The SMILES string of the molecule is N#Cc1cc2ccccc2nc1NC1CCCC1N. The van der Waals surface area contributed by atoms with Crippen molar-refractivity contribution in [2.24, 2.45) is 5.73 Å². The maximum atomic E-state index is 9.26. The van der Waals surface area contributed by atoms with E-state index in [1.807, 2.05) is 30.3 Å². The number of nitrogens with zero attached hydrogens (tertiary/aromatic N) is 2. The second-order valence-electron chi connectivity index (χ2n) is 5.03. The lowest BCUT2D eigenvalue weighted by Crippen LogP contribution is -2.35. The fraction of sp³-hybridized carbons (Fsp3) is 0.333. The molecule has 1 aliphatic rings. The Morgan fingerprint density at radius 3 is 2.89 bits per heavy atom. The number of nitriles is 1. The minimum Gasteiger partial charge on any atom is -0.365 e. The number of hydrogen-bond acceptors (Lipinski definition) is 4. The van der Waals surface area contributed by atoms with Gasteiger partial charge in [-0.1, -0.05) is 18.2 Å². The summed E-state index contributed by atoms with van der Waals surface area (Å²) in [5, 5.41) is 13.6. The molecule has 1 fully saturated rings. The molecule has 0 saturated heterocycles. The van der Waals surface area contributed by atoms with Crippen LogP contribution in [0.4, 0.5) is 5.82 Å². The molecule has 1 aliphatic carbocycles. The normalized spacial score (nSPS) is 22.3. The van der Waals surface area contributed by atoms with Crippen molar-refractivity contribution in [1.29, 1.82) is 5.26 Å². The number of nitrogens with two attached hydrogens (primary N) is 1. The number of para-hydroxylation sites is 1. The fourth-order valence-electron chi connectivity index (χ4n) is 2.65. The van der Waals surface area contributed by atoms with Gasteiger partial charge in [0, 0.05) is 17.5 Å². The molecule has 1 heterocycles. The molecule has 96 valence electrons. The summed E-state index contributed by atoms with van der Waals surface area (Å²) >= 11 is 0. The van der Waals surface area contributed by atoms with Gasteiger partial charge >= 0.3 is 0 Å². The van der Waals surface area contributed by atoms with Crippen LogP contribution in [0.15, 0.2) is 30.3 Å². The summed E-state index contributed by atoms with van der Waals surface area (Å²) in [5.74, 6) is 0.656. The summed E-state index contributed by atoms with van der Waals surface area (Å²) < 4.78 is 0. The molecule has 4 heteroatoms. The molecule has 19 heavy (non-hydrogen) atoms. The number of hydrogen-bond donors (Lipinski definition) is 2. The molecule has 1 aromatic heterocycles. The van der Waals surface area contributed by atoms with Gasteiger partial charge in [0.15, 0.2) is 0 Å². The molecule has 0 aliphatic heterocycles. The Morgan fingerprint density at radius 1 is 1.32 bits per heavy atom. The third kappa shape index (κ3) is 2.25. The van der Waals surface area contributed by atoms with Crippen LogP contribution in [0.3, 0.4) is 0 Å². The number of nitrogens with one attached hydrogen (secondary N) is 1. The molecule has 2 unspecified atom stereocenters. The minimum atomic E-state index is 0.153. The number of fused-ring (bicyclic) bond motifs is 1. The summed E-state index contributed by atoms with van der Waals surface area (Å²) in [6.07, 6.45) is 3.21. The number of anilines is 1. The van der Waals surface area contributed by atoms with E-state index in [-0.39, 0.29) is 12.1 Å². The van der Waals surface area contributed by atoms with Crippen LogP contribution in [0.5, 0.6) is 0 Å². The highest BCUT2D eigenvalue weighted by atomic mass is 15.0. The first-order chi connectivity index (χ1) is 9.28. The van der Waals surface area contributed by atoms with E-state index in [9.17, 15) is 5.26 Å². The topological polar surface area (TPSA) is 74.7 Å². The quantitative estimate of drug-likeness (QED) is 0.860. The van der Waals surface area contributed by atoms with E-state index in [1.54, 1.807) is 0 Å². The Labute approximate surface area is 112 Å². The first kappa shape index (κ1) is 11.9. The van der Waals surface area contributed by atoms with Crippen LogP contribution < -0.4 is 11.1 Å². The van der Waals surface area contributed by atoms with Crippen molar-refractivity contribution in [1.82, 2.24) is 4.98 Å². The molecule has 0 radical (unpaired) electrons. The summed E-state index contributed by atoms with van der Waals surface area (Å²) in [7, 11) is 0. The maximum Gasteiger partial charge on any atom is 0.144 e. The van der Waals surface area contributed by atoms with Gasteiger partial charge < -0.3 is 11.1 Å². The predicted octanol–water partition coefficient (Wildman–Crippen LogP) is 2.40. The standard InChI is InChI=1S/C15H16N4/c16-9-11-8-10-4-1-2-6-13(10)18-15(11)19-14-7-3-5-12(14)17/h1-2,4,6,8,12,14H,3,5,7,17H2,(H,18,19). The number of aromatic nitrogens is 1. The monoisotopic (exact) mass is 252 g/mol. The molecule has 0 amide bonds. The van der Waals surface area contributed by atoms with Gasteiger partial charge in [0.25, 0.3) is 0 Å². The molecule has 2 atom stereocenters. The van der Waals surface area contributed by atoms with Crippen molar-refractivity contribution in [3.8, 4) is 6.07 Å². The number of pyridine rings is 1. The van der Waals surface area contributed by atoms with E-state index in [2.05, 4.69) is 16.4 Å². The Balaban J connectivity index is 1.99. The smallest absolute Gasteiger partial charge is 0.144 e. The average Bonchev–Trinajstić information content (AvgIpc) is 2.83. The number of rotatable bonds is 2. The second kappa shape index (κ2) is 4.87. The van der Waals surface area contributed by atoms with Crippen LogP contribution in [0.1, 0.15) is 24.8 Å². The highest BCUT2D eigenvalue weighted by Gasteiger charge is 2.24. The Kier molecular flexibility index (Phi) is 3.06. The van der Waals surface area contributed by atoms with Gasteiger partial charge in [0.2, 0.25) is 0 Å². The van der Waals surface area contributed by atoms with Crippen LogP contribution >= 0.6 is 0 Å². The molecule has 1 aromatic carbocycles. The summed E-state index contributed by atoms with van der Waals surface area (Å²) in [5.41, 5.74) is 7.54. The van der Waals surface area contributed by atoms with Crippen LogP contribution in [0, 0.1) is 11.3 Å². The van der Waals surface area contributed by atoms with Crippen LogP contribution in [0.25, 0.3) is 10.9 Å². The van der Waals surface area contributed by atoms with Gasteiger partial charge in [0.05, 0.1) is 11.1 Å². The molecule has 3 N–H and O–H groups in total. The van der Waals surface area contributed by atoms with Gasteiger partial charge in [-0.2, -0.15) is 5.26 Å². The van der Waals surface area contributed by atoms with Gasteiger partial charge in [-0.05, 0) is 31.4 Å². The predicted molar refractivity (Wildman–Crippen MR) is 75.7 cm³/mol. The highest BCUT2D eigenvalue weighted by molar-refractivity contribution is 5.82. The second-order valence-corrected chi connectivity index (χ2v) is 5.03. The molecule has 3 rings (SSSR count). The van der Waals surface area contributed by atoms with Crippen molar-refractivity contribution in [3.05, 3.63) is 35.9 Å². The lowest BCUT2D eigenvalue weighted by Gasteiger charge is -2.18. The third-order valence-electron chi connectivity index (χ3n) is 3.74. The van der Waals surface area contributed by atoms with Crippen LogP contribution in [0.2, 0.25) is 0 Å². The molecule has 0 bridgehead atoms. The van der Waals surface area contributed by atoms with Gasteiger partial charge in [0.1, 0.15) is 11.9 Å². The molecular weight excluding hydrogens is 236 g/mol. The minimum absolute atomic E-state index is 0.153. The summed E-state index contributed by atoms with van der Waals surface area (Å²) in [4.78, 5) is 4.55. The van der Waals surface area contributed by atoms with E-state index in [0.717, 1.165) is 30.2 Å². The zero-order valence-electron chi connectivity index (χ0n) is 10.6. The fourth-order valence-corrected chi connectivity index (χ4v) is 2.65. The summed E-state index contributed by atoms with van der Waals surface area (Å²) in [6.45, 7) is 0. The zero-order valence-corrected chi connectivity index (χ0v) is 10.6. The Morgan fingerprint density at radius 2 is 2.16 bits per heavy atom. The van der Waals surface area contributed by atoms with Crippen molar-refractivity contribution >= 4 is 16.7 Å². The molecule has 1 saturated carbocycles. The maximum absolute atomic E-state index is 9.26. The van der Waals surface area contributed by atoms with Gasteiger partial charge in [-0.15, -0.1) is 0 Å². The van der Waals surface area contributed by atoms with Crippen LogP contribution in [-0.2, 0) is 0 Å². The Hall–Kier alpha value is -2.12. The largest absolute Gasteiger partial charge is 0.365 e. The van der Waals surface area contributed by atoms with Crippen molar-refractivity contribution in [3.63, 3.8) is 0 Å². The van der Waals surface area contributed by atoms with E-state index in [1.165, 1.54) is 0 Å². The van der Waals surface area contributed by atoms with E-state index >= 15 is 0 Å². The highest BCUT2D eigenvalue weighted by Crippen LogP contribution is 2.25. The molecule has 0 spiro atoms. The lowest BCUT2D eigenvalue weighted by molar-refractivity contribution is 0.636.